The normalized spacial score (nSPS) is 14.5. The number of aromatic hydroxyl groups is 1. The summed E-state index contributed by atoms with van der Waals surface area (Å²) in [4.78, 5) is 20.8. The quantitative estimate of drug-likeness (QED) is 0.561. The first-order chi connectivity index (χ1) is 13.5. The number of aromatic amines is 1. The molecule has 0 unspecified atom stereocenters. The zero-order valence-electron chi connectivity index (χ0n) is 17.3. The van der Waals surface area contributed by atoms with E-state index in [1.807, 2.05) is 16.8 Å². The van der Waals surface area contributed by atoms with Gasteiger partial charge in [0.05, 0.1) is 28.3 Å². The van der Waals surface area contributed by atoms with Gasteiger partial charge in [0, 0.05) is 38.3 Å². The van der Waals surface area contributed by atoms with Crippen molar-refractivity contribution in [3.05, 3.63) is 45.2 Å². The van der Waals surface area contributed by atoms with Crippen LogP contribution in [-0.2, 0) is 6.54 Å². The highest BCUT2D eigenvalue weighted by Gasteiger charge is 2.21. The van der Waals surface area contributed by atoms with Crippen molar-refractivity contribution in [2.75, 3.05) is 39.8 Å². The van der Waals surface area contributed by atoms with Crippen molar-refractivity contribution in [1.82, 2.24) is 24.6 Å². The average Bonchev–Trinajstić information content (AvgIpc) is 3.00. The number of piperazine rings is 1. The van der Waals surface area contributed by atoms with Gasteiger partial charge in [-0.3, -0.25) is 9.69 Å². The van der Waals surface area contributed by atoms with Gasteiger partial charge < -0.3 is 15.0 Å². The molecule has 0 spiro atoms. The van der Waals surface area contributed by atoms with Gasteiger partial charge in [-0.05, 0) is 20.0 Å². The van der Waals surface area contributed by atoms with Gasteiger partial charge in [0.15, 0.2) is 5.75 Å². The third kappa shape index (κ3) is 5.48. The molecule has 0 saturated carbocycles. The molecule has 7 nitrogen and oxygen atoms in total. The fraction of sp³-hybridized carbons (Fsp3) is 0.400. The molecule has 0 atom stereocenters. The zero-order chi connectivity index (χ0) is 19.8. The Labute approximate surface area is 204 Å². The summed E-state index contributed by atoms with van der Waals surface area (Å²) in [6.45, 7) is 7.47. The Morgan fingerprint density at radius 2 is 1.74 bits per heavy atom. The van der Waals surface area contributed by atoms with Gasteiger partial charge in [-0.1, -0.05) is 29.8 Å². The first-order valence-electron chi connectivity index (χ1n) is 9.44. The molecule has 1 aliphatic heterocycles. The molecule has 0 aliphatic carbocycles. The summed E-state index contributed by atoms with van der Waals surface area (Å²) in [5, 5.41) is 16.0. The number of halogens is 4. The third-order valence-electron chi connectivity index (χ3n) is 5.42. The van der Waals surface area contributed by atoms with Gasteiger partial charge in [0.1, 0.15) is 5.65 Å². The maximum absolute atomic E-state index is 12.8. The first-order valence-corrected chi connectivity index (χ1v) is 9.81. The van der Waals surface area contributed by atoms with E-state index < -0.39 is 5.43 Å². The largest absolute Gasteiger partial charge is 0.503 e. The smallest absolute Gasteiger partial charge is 0.235 e. The first kappa shape index (κ1) is 27.6. The molecule has 1 aromatic carbocycles. The number of nitrogens with one attached hydrogen (secondary N) is 1. The lowest BCUT2D eigenvalue weighted by molar-refractivity contribution is 0.149. The Kier molecular flexibility index (Phi) is 10.1. The summed E-state index contributed by atoms with van der Waals surface area (Å²) >= 11 is 6.29. The van der Waals surface area contributed by atoms with Crippen molar-refractivity contribution < 1.29 is 5.11 Å². The number of pyridine rings is 1. The minimum Gasteiger partial charge on any atom is -0.503 e. The van der Waals surface area contributed by atoms with Crippen LogP contribution in [-0.4, -0.2) is 69.4 Å². The van der Waals surface area contributed by atoms with Crippen molar-refractivity contribution >= 4 is 59.9 Å². The van der Waals surface area contributed by atoms with E-state index in [1.54, 1.807) is 19.1 Å². The highest BCUT2D eigenvalue weighted by Crippen LogP contribution is 2.32. The molecule has 31 heavy (non-hydrogen) atoms. The van der Waals surface area contributed by atoms with Crippen molar-refractivity contribution in [3.8, 4) is 17.0 Å². The van der Waals surface area contributed by atoms with E-state index in [4.69, 9.17) is 11.6 Å². The van der Waals surface area contributed by atoms with E-state index in [1.165, 1.54) is 0 Å². The van der Waals surface area contributed by atoms with Crippen LogP contribution in [0.15, 0.2) is 29.1 Å². The molecule has 1 saturated heterocycles. The summed E-state index contributed by atoms with van der Waals surface area (Å²) in [6.07, 6.45) is 0. The molecular weight excluding hydrogens is 484 g/mol. The highest BCUT2D eigenvalue weighted by atomic mass is 35.5. The van der Waals surface area contributed by atoms with E-state index in [0.29, 0.717) is 39.6 Å². The Morgan fingerprint density at radius 1 is 1.10 bits per heavy atom. The van der Waals surface area contributed by atoms with Gasteiger partial charge >= 0.3 is 0 Å². The van der Waals surface area contributed by atoms with E-state index in [9.17, 15) is 9.90 Å². The van der Waals surface area contributed by atoms with Gasteiger partial charge in [-0.2, -0.15) is 5.10 Å². The van der Waals surface area contributed by atoms with Crippen LogP contribution in [0.25, 0.3) is 22.3 Å². The summed E-state index contributed by atoms with van der Waals surface area (Å²) in [5.74, 6) is -0.331. The fourth-order valence-corrected chi connectivity index (χ4v) is 3.95. The topological polar surface area (TPSA) is 77.4 Å². The van der Waals surface area contributed by atoms with E-state index >= 15 is 0 Å². The summed E-state index contributed by atoms with van der Waals surface area (Å²) in [7, 11) is 2.13. The van der Waals surface area contributed by atoms with Crippen molar-refractivity contribution in [3.63, 3.8) is 0 Å². The van der Waals surface area contributed by atoms with Crippen molar-refractivity contribution in [2.24, 2.45) is 0 Å². The van der Waals surface area contributed by atoms with Gasteiger partial charge in [-0.25, -0.2) is 4.68 Å². The van der Waals surface area contributed by atoms with Crippen LogP contribution < -0.4 is 5.43 Å². The Hall–Kier alpha value is -1.48. The summed E-state index contributed by atoms with van der Waals surface area (Å²) in [6, 6.07) is 7.13. The number of nitrogens with zero attached hydrogens (tertiary/aromatic N) is 4. The number of fused-ring (bicyclic) bond motifs is 1. The standard InChI is InChI=1S/C20H24ClN5O2.3ClH/c1-13-16-18(27)19(28)17(14-5-3-4-6-15(14)21)22-20(16)26(23-13)12-11-25-9-7-24(2)8-10-25;;;/h3-6,28H,7-12H2,1-2H3,(H,22,27);3*1H. The molecule has 3 aromatic rings. The van der Waals surface area contributed by atoms with Crippen LogP contribution in [0, 0.1) is 6.92 Å². The van der Waals surface area contributed by atoms with Crippen LogP contribution in [0.1, 0.15) is 5.69 Å². The molecule has 11 heteroatoms. The number of likely N-dealkylation sites (N-methyl/N-ethyl adjacent to an activating group) is 1. The lowest BCUT2D eigenvalue weighted by Gasteiger charge is -2.32. The molecular formula is C20H27Cl4N5O2. The molecule has 0 amide bonds. The molecule has 1 fully saturated rings. The third-order valence-corrected chi connectivity index (χ3v) is 5.75. The van der Waals surface area contributed by atoms with Crippen LogP contribution in [0.5, 0.6) is 5.75 Å². The molecule has 2 N–H and O–H groups in total. The number of rotatable bonds is 4. The highest BCUT2D eigenvalue weighted by molar-refractivity contribution is 6.33. The summed E-state index contributed by atoms with van der Waals surface area (Å²) < 4.78 is 1.82. The van der Waals surface area contributed by atoms with Crippen LogP contribution in [0.2, 0.25) is 5.02 Å². The maximum Gasteiger partial charge on any atom is 0.235 e. The average molecular weight is 511 g/mol. The second kappa shape index (κ2) is 11.4. The second-order valence-corrected chi connectivity index (χ2v) is 7.74. The van der Waals surface area contributed by atoms with E-state index in [0.717, 1.165) is 32.7 Å². The molecule has 0 radical (unpaired) electrons. The number of aromatic nitrogens is 3. The molecule has 172 valence electrons. The predicted molar refractivity (Wildman–Crippen MR) is 133 cm³/mol. The molecule has 4 rings (SSSR count). The maximum atomic E-state index is 12.8. The lowest BCUT2D eigenvalue weighted by Crippen LogP contribution is -2.45. The Balaban J connectivity index is 0.00000160. The van der Waals surface area contributed by atoms with Gasteiger partial charge in [0.25, 0.3) is 0 Å². The number of aryl methyl sites for hydroxylation is 1. The van der Waals surface area contributed by atoms with Gasteiger partial charge in [-0.15, -0.1) is 37.2 Å². The second-order valence-electron chi connectivity index (χ2n) is 7.33. The number of H-pyrrole nitrogens is 1. The van der Waals surface area contributed by atoms with Crippen molar-refractivity contribution in [1.29, 1.82) is 0 Å². The lowest BCUT2D eigenvalue weighted by atomic mass is 10.1. The molecule has 0 bridgehead atoms. The van der Waals surface area contributed by atoms with Crippen LogP contribution >= 0.6 is 48.8 Å². The molecule has 1 aliphatic rings. The van der Waals surface area contributed by atoms with E-state index in [-0.39, 0.29) is 43.0 Å². The minimum absolute atomic E-state index is 0. The van der Waals surface area contributed by atoms with Crippen LogP contribution in [0.3, 0.4) is 0 Å². The van der Waals surface area contributed by atoms with Crippen molar-refractivity contribution in [2.45, 2.75) is 13.5 Å². The molecule has 3 heterocycles. The van der Waals surface area contributed by atoms with Gasteiger partial charge in [0.2, 0.25) is 5.43 Å². The zero-order valence-corrected chi connectivity index (χ0v) is 20.5. The predicted octanol–water partition coefficient (Wildman–Crippen LogP) is 3.57. The molecule has 2 aromatic heterocycles. The van der Waals surface area contributed by atoms with E-state index in [2.05, 4.69) is 26.9 Å². The number of hydrogen-bond donors (Lipinski definition) is 2. The summed E-state index contributed by atoms with van der Waals surface area (Å²) in [5.41, 5.74) is 1.71. The Morgan fingerprint density at radius 3 is 2.39 bits per heavy atom. The number of benzene rings is 1. The van der Waals surface area contributed by atoms with Crippen LogP contribution in [0.4, 0.5) is 0 Å². The monoisotopic (exact) mass is 509 g/mol. The Bertz CT molecular complexity index is 1080. The minimum atomic E-state index is -0.424. The SMILES string of the molecule is Cc1nn(CCN2CCN(C)CC2)c2[nH]c(-c3ccccc3Cl)c(O)c(=O)c12.Cl.Cl.Cl. The number of hydrogen-bond acceptors (Lipinski definition) is 5. The fourth-order valence-electron chi connectivity index (χ4n) is 3.72.